The van der Waals surface area contributed by atoms with Gasteiger partial charge in [0, 0.05) is 17.6 Å². The van der Waals surface area contributed by atoms with Crippen molar-refractivity contribution in [2.24, 2.45) is 0 Å². The summed E-state index contributed by atoms with van der Waals surface area (Å²) in [6, 6.07) is 11.9. The maximum atomic E-state index is 11.7. The molecule has 1 aromatic heterocycles. The number of aryl methyl sites for hydroxylation is 1. The van der Waals surface area contributed by atoms with Gasteiger partial charge in [-0.3, -0.25) is 14.7 Å². The fourth-order valence-corrected chi connectivity index (χ4v) is 3.73. The van der Waals surface area contributed by atoms with Gasteiger partial charge in [0.1, 0.15) is 6.04 Å². The number of carbonyl (C=O) groups is 1. The molecule has 3 rings (SSSR count). The van der Waals surface area contributed by atoms with E-state index in [2.05, 4.69) is 40.4 Å². The Bertz CT molecular complexity index is 700. The first-order chi connectivity index (χ1) is 11.6. The second kappa shape index (κ2) is 7.36. The van der Waals surface area contributed by atoms with Crippen molar-refractivity contribution >= 4 is 17.7 Å². The number of pyridine rings is 1. The molecule has 1 aromatic carbocycles. The second-order valence-corrected chi connectivity index (χ2v) is 7.05. The SMILES string of the molecule is CSc1ccc(C(c2ccc(C)cn2)N2CCCC2C(=O)O)cc1. The summed E-state index contributed by atoms with van der Waals surface area (Å²) >= 11 is 1.70. The van der Waals surface area contributed by atoms with Crippen LogP contribution in [0.2, 0.25) is 0 Å². The Morgan fingerprint density at radius 2 is 2.04 bits per heavy atom. The number of hydrogen-bond donors (Lipinski definition) is 1. The van der Waals surface area contributed by atoms with Crippen molar-refractivity contribution in [1.29, 1.82) is 0 Å². The standard InChI is InChI=1S/C19H22N2O2S/c1-13-5-10-16(20-12-13)18(14-6-8-15(24-2)9-7-14)21-11-3-4-17(21)19(22)23/h5-10,12,17-18H,3-4,11H2,1-2H3,(H,22,23). The number of carboxylic acid groups (broad SMARTS) is 1. The van der Waals surface area contributed by atoms with E-state index >= 15 is 0 Å². The lowest BCUT2D eigenvalue weighted by Crippen LogP contribution is -2.39. The van der Waals surface area contributed by atoms with Gasteiger partial charge in [-0.1, -0.05) is 18.2 Å². The predicted molar refractivity (Wildman–Crippen MR) is 96.4 cm³/mol. The van der Waals surface area contributed by atoms with Gasteiger partial charge in [0.15, 0.2) is 0 Å². The van der Waals surface area contributed by atoms with Crippen LogP contribution in [0.1, 0.15) is 35.7 Å². The minimum absolute atomic E-state index is 0.120. The third-order valence-electron chi connectivity index (χ3n) is 4.56. The highest BCUT2D eigenvalue weighted by Crippen LogP contribution is 2.34. The van der Waals surface area contributed by atoms with Gasteiger partial charge in [-0.25, -0.2) is 0 Å². The molecule has 0 aliphatic carbocycles. The maximum Gasteiger partial charge on any atom is 0.320 e. The van der Waals surface area contributed by atoms with Gasteiger partial charge < -0.3 is 5.11 Å². The van der Waals surface area contributed by atoms with E-state index < -0.39 is 12.0 Å². The van der Waals surface area contributed by atoms with Crippen LogP contribution in [0.4, 0.5) is 0 Å². The van der Waals surface area contributed by atoms with Crippen molar-refractivity contribution in [1.82, 2.24) is 9.88 Å². The van der Waals surface area contributed by atoms with Gasteiger partial charge in [0.2, 0.25) is 0 Å². The molecule has 0 radical (unpaired) electrons. The van der Waals surface area contributed by atoms with Crippen molar-refractivity contribution in [3.63, 3.8) is 0 Å². The third kappa shape index (κ3) is 3.47. The Kier molecular flexibility index (Phi) is 5.21. The van der Waals surface area contributed by atoms with Crippen LogP contribution in [0.25, 0.3) is 0 Å². The molecule has 2 aromatic rings. The van der Waals surface area contributed by atoms with E-state index in [1.807, 2.05) is 25.3 Å². The summed E-state index contributed by atoms with van der Waals surface area (Å²) in [6.07, 6.45) is 5.50. The van der Waals surface area contributed by atoms with Crippen LogP contribution >= 0.6 is 11.8 Å². The molecular weight excluding hydrogens is 320 g/mol. The monoisotopic (exact) mass is 342 g/mol. The molecule has 1 N–H and O–H groups in total. The second-order valence-electron chi connectivity index (χ2n) is 6.17. The smallest absolute Gasteiger partial charge is 0.320 e. The number of thioether (sulfide) groups is 1. The molecule has 0 bridgehead atoms. The summed E-state index contributed by atoms with van der Waals surface area (Å²) in [5.74, 6) is -0.745. The Morgan fingerprint density at radius 3 is 2.62 bits per heavy atom. The number of nitrogens with zero attached hydrogens (tertiary/aromatic N) is 2. The molecule has 5 heteroatoms. The summed E-state index contributed by atoms with van der Waals surface area (Å²) in [5, 5.41) is 9.59. The number of likely N-dealkylation sites (tertiary alicyclic amines) is 1. The van der Waals surface area contributed by atoms with E-state index in [1.165, 1.54) is 4.90 Å². The molecule has 1 aliphatic rings. The molecular formula is C19H22N2O2S. The van der Waals surface area contributed by atoms with Gasteiger partial charge in [-0.15, -0.1) is 11.8 Å². The highest BCUT2D eigenvalue weighted by atomic mass is 32.2. The molecule has 0 spiro atoms. The van der Waals surface area contributed by atoms with E-state index in [9.17, 15) is 9.90 Å². The first-order valence-corrected chi connectivity index (χ1v) is 9.37. The highest BCUT2D eigenvalue weighted by molar-refractivity contribution is 7.98. The van der Waals surface area contributed by atoms with Gasteiger partial charge in [-0.2, -0.15) is 0 Å². The van der Waals surface area contributed by atoms with Crippen molar-refractivity contribution in [3.05, 3.63) is 59.4 Å². The van der Waals surface area contributed by atoms with Gasteiger partial charge in [0.05, 0.1) is 11.7 Å². The molecule has 0 amide bonds. The molecule has 24 heavy (non-hydrogen) atoms. The van der Waals surface area contributed by atoms with Crippen LogP contribution in [0, 0.1) is 6.92 Å². The zero-order valence-electron chi connectivity index (χ0n) is 14.0. The summed E-state index contributed by atoms with van der Waals surface area (Å²) in [5.41, 5.74) is 3.11. The average Bonchev–Trinajstić information content (AvgIpc) is 3.07. The fraction of sp³-hybridized carbons (Fsp3) is 0.368. The molecule has 0 saturated carbocycles. The number of aromatic nitrogens is 1. The lowest BCUT2D eigenvalue weighted by Gasteiger charge is -2.31. The molecule has 2 unspecified atom stereocenters. The first kappa shape index (κ1) is 17.0. The average molecular weight is 342 g/mol. The van der Waals surface area contributed by atoms with Crippen LogP contribution in [0.5, 0.6) is 0 Å². The van der Waals surface area contributed by atoms with Crippen LogP contribution in [-0.2, 0) is 4.79 Å². The van der Waals surface area contributed by atoms with Crippen LogP contribution in [-0.4, -0.2) is 39.8 Å². The lowest BCUT2D eigenvalue weighted by atomic mass is 10.00. The highest BCUT2D eigenvalue weighted by Gasteiger charge is 2.37. The van der Waals surface area contributed by atoms with Crippen molar-refractivity contribution < 1.29 is 9.90 Å². The van der Waals surface area contributed by atoms with E-state index in [4.69, 9.17) is 0 Å². The van der Waals surface area contributed by atoms with E-state index in [0.717, 1.165) is 29.8 Å². The number of rotatable bonds is 5. The molecule has 4 nitrogen and oxygen atoms in total. The topological polar surface area (TPSA) is 53.4 Å². The fourth-order valence-electron chi connectivity index (χ4n) is 3.32. The zero-order chi connectivity index (χ0) is 17.1. The van der Waals surface area contributed by atoms with Crippen LogP contribution in [0.15, 0.2) is 47.5 Å². The van der Waals surface area contributed by atoms with Gasteiger partial charge in [-0.05, 0) is 55.3 Å². The summed E-state index contributed by atoms with van der Waals surface area (Å²) in [6.45, 7) is 2.79. The Balaban J connectivity index is 2.02. The van der Waals surface area contributed by atoms with Crippen molar-refractivity contribution in [3.8, 4) is 0 Å². The molecule has 1 saturated heterocycles. The molecule has 1 fully saturated rings. The zero-order valence-corrected chi connectivity index (χ0v) is 14.8. The van der Waals surface area contributed by atoms with Crippen molar-refractivity contribution in [2.45, 2.75) is 36.7 Å². The maximum absolute atomic E-state index is 11.7. The molecule has 1 aliphatic heterocycles. The van der Waals surface area contributed by atoms with Gasteiger partial charge in [0.25, 0.3) is 0 Å². The minimum Gasteiger partial charge on any atom is -0.480 e. The molecule has 126 valence electrons. The van der Waals surface area contributed by atoms with E-state index in [-0.39, 0.29) is 6.04 Å². The number of carboxylic acids is 1. The quantitative estimate of drug-likeness (QED) is 0.839. The molecule has 2 atom stereocenters. The number of hydrogen-bond acceptors (Lipinski definition) is 4. The Labute approximate surface area is 146 Å². The summed E-state index contributed by atoms with van der Waals surface area (Å²) in [4.78, 5) is 19.5. The predicted octanol–water partition coefficient (Wildman–Crippen LogP) is 3.75. The van der Waals surface area contributed by atoms with E-state index in [0.29, 0.717) is 6.42 Å². The largest absolute Gasteiger partial charge is 0.480 e. The van der Waals surface area contributed by atoms with Crippen molar-refractivity contribution in [2.75, 3.05) is 12.8 Å². The lowest BCUT2D eigenvalue weighted by molar-refractivity contribution is -0.142. The Morgan fingerprint density at radius 1 is 1.29 bits per heavy atom. The first-order valence-electron chi connectivity index (χ1n) is 8.15. The van der Waals surface area contributed by atoms with E-state index in [1.54, 1.807) is 11.8 Å². The Hall–Kier alpha value is -1.85. The summed E-state index contributed by atoms with van der Waals surface area (Å²) < 4.78 is 0. The molecule has 2 heterocycles. The third-order valence-corrected chi connectivity index (χ3v) is 5.30. The number of benzene rings is 1. The minimum atomic E-state index is -0.745. The normalized spacial score (nSPS) is 19.3. The van der Waals surface area contributed by atoms with Crippen LogP contribution in [0.3, 0.4) is 0 Å². The number of aliphatic carboxylic acids is 1. The van der Waals surface area contributed by atoms with Gasteiger partial charge >= 0.3 is 5.97 Å². The summed E-state index contributed by atoms with van der Waals surface area (Å²) in [7, 11) is 0. The van der Waals surface area contributed by atoms with Crippen LogP contribution < -0.4 is 0 Å².